The van der Waals surface area contributed by atoms with Gasteiger partial charge in [-0.25, -0.2) is 4.39 Å². The lowest BCUT2D eigenvalue weighted by Crippen LogP contribution is -2.30. The van der Waals surface area contributed by atoms with Crippen LogP contribution in [0.4, 0.5) is 10.1 Å². The Kier molecular flexibility index (Phi) is 5.78. The fourth-order valence-electron chi connectivity index (χ4n) is 2.45. The number of ether oxygens (including phenoxy) is 1. The summed E-state index contributed by atoms with van der Waals surface area (Å²) >= 11 is 0. The fraction of sp³-hybridized carbons (Fsp3) is 0.333. The molecule has 0 radical (unpaired) electrons. The van der Waals surface area contributed by atoms with Crippen LogP contribution in [0.2, 0.25) is 0 Å². The van der Waals surface area contributed by atoms with Crippen molar-refractivity contribution in [2.45, 2.75) is 25.8 Å². The number of nitrogens with two attached hydrogens (primary N) is 1. The highest BCUT2D eigenvalue weighted by atomic mass is 19.1. The molecule has 22 heavy (non-hydrogen) atoms. The Hall–Kier alpha value is -2.07. The van der Waals surface area contributed by atoms with E-state index in [1.807, 2.05) is 30.3 Å². The van der Waals surface area contributed by atoms with E-state index in [9.17, 15) is 4.39 Å². The molecule has 0 aliphatic heterocycles. The third-order valence-corrected chi connectivity index (χ3v) is 3.66. The highest BCUT2D eigenvalue weighted by Crippen LogP contribution is 2.22. The van der Waals surface area contributed by atoms with Crippen LogP contribution >= 0.6 is 0 Å². The highest BCUT2D eigenvalue weighted by Gasteiger charge is 2.06. The molecule has 0 aromatic heterocycles. The van der Waals surface area contributed by atoms with Crippen molar-refractivity contribution < 1.29 is 9.13 Å². The molecule has 2 aromatic rings. The summed E-state index contributed by atoms with van der Waals surface area (Å²) in [4.78, 5) is 0. The van der Waals surface area contributed by atoms with Crippen LogP contribution in [0.5, 0.6) is 5.75 Å². The van der Waals surface area contributed by atoms with E-state index in [0.29, 0.717) is 17.5 Å². The number of halogens is 1. The summed E-state index contributed by atoms with van der Waals surface area (Å²) in [5.41, 5.74) is 8.90. The molecule has 0 fully saturated rings. The summed E-state index contributed by atoms with van der Waals surface area (Å²) in [6.45, 7) is 3.00. The zero-order valence-electron chi connectivity index (χ0n) is 13.1. The summed E-state index contributed by atoms with van der Waals surface area (Å²) < 4.78 is 18.0. The Morgan fingerprint density at radius 1 is 1.14 bits per heavy atom. The van der Waals surface area contributed by atoms with Gasteiger partial charge in [0, 0.05) is 6.04 Å². The number of rotatable bonds is 7. The van der Waals surface area contributed by atoms with Crippen LogP contribution in [0.25, 0.3) is 0 Å². The lowest BCUT2D eigenvalue weighted by atomic mass is 10.1. The van der Waals surface area contributed by atoms with Gasteiger partial charge in [-0.15, -0.1) is 0 Å². The molecular formula is C18H23FN2O. The summed E-state index contributed by atoms with van der Waals surface area (Å²) in [6, 6.07) is 12.9. The molecule has 0 heterocycles. The van der Waals surface area contributed by atoms with Crippen molar-refractivity contribution in [3.63, 3.8) is 0 Å². The fourth-order valence-corrected chi connectivity index (χ4v) is 2.45. The van der Waals surface area contributed by atoms with Gasteiger partial charge in [0.05, 0.1) is 12.8 Å². The minimum Gasteiger partial charge on any atom is -0.495 e. The monoisotopic (exact) mass is 302 g/mol. The lowest BCUT2D eigenvalue weighted by Gasteiger charge is -2.15. The van der Waals surface area contributed by atoms with Gasteiger partial charge in [0.2, 0.25) is 0 Å². The Morgan fingerprint density at radius 3 is 2.45 bits per heavy atom. The van der Waals surface area contributed by atoms with Crippen LogP contribution in [0.3, 0.4) is 0 Å². The molecule has 1 unspecified atom stereocenters. The van der Waals surface area contributed by atoms with Crippen LogP contribution in [-0.4, -0.2) is 19.7 Å². The van der Waals surface area contributed by atoms with E-state index < -0.39 is 0 Å². The molecular weight excluding hydrogens is 279 g/mol. The van der Waals surface area contributed by atoms with Gasteiger partial charge in [-0.2, -0.15) is 0 Å². The second-order valence-electron chi connectivity index (χ2n) is 5.51. The lowest BCUT2D eigenvalue weighted by molar-refractivity contribution is 0.416. The van der Waals surface area contributed by atoms with Crippen molar-refractivity contribution in [3.05, 3.63) is 59.4 Å². The first-order valence-corrected chi connectivity index (χ1v) is 7.48. The Morgan fingerprint density at radius 2 is 1.82 bits per heavy atom. The highest BCUT2D eigenvalue weighted by molar-refractivity contribution is 5.54. The van der Waals surface area contributed by atoms with Gasteiger partial charge in [0.15, 0.2) is 0 Å². The van der Waals surface area contributed by atoms with Crippen molar-refractivity contribution in [1.82, 2.24) is 5.32 Å². The standard InChI is InChI=1S/C18H23FN2O/c1-13(11-15-5-8-18(22-2)17(20)12-15)21-10-9-14-3-6-16(19)7-4-14/h3-8,12-13,21H,9-11,20H2,1-2H3. The normalized spacial score (nSPS) is 12.1. The predicted molar refractivity (Wildman–Crippen MR) is 88.7 cm³/mol. The molecule has 4 heteroatoms. The second-order valence-corrected chi connectivity index (χ2v) is 5.51. The first kappa shape index (κ1) is 16.3. The molecule has 2 rings (SSSR count). The van der Waals surface area contributed by atoms with E-state index in [-0.39, 0.29) is 5.82 Å². The SMILES string of the molecule is COc1ccc(CC(C)NCCc2ccc(F)cc2)cc1N. The molecule has 0 bridgehead atoms. The molecule has 3 N–H and O–H groups in total. The van der Waals surface area contributed by atoms with Crippen molar-refractivity contribution >= 4 is 5.69 Å². The largest absolute Gasteiger partial charge is 0.495 e. The molecule has 0 aliphatic carbocycles. The average molecular weight is 302 g/mol. The molecule has 3 nitrogen and oxygen atoms in total. The quantitative estimate of drug-likeness (QED) is 0.772. The maximum atomic E-state index is 12.8. The Labute approximate surface area is 131 Å². The van der Waals surface area contributed by atoms with E-state index in [0.717, 1.165) is 24.9 Å². The van der Waals surface area contributed by atoms with Crippen LogP contribution in [-0.2, 0) is 12.8 Å². The molecule has 2 aromatic carbocycles. The van der Waals surface area contributed by atoms with Gasteiger partial charge in [0.25, 0.3) is 0 Å². The van der Waals surface area contributed by atoms with Crippen LogP contribution in [0, 0.1) is 5.82 Å². The average Bonchev–Trinajstić information content (AvgIpc) is 2.49. The molecule has 1 atom stereocenters. The number of benzene rings is 2. The molecule has 0 spiro atoms. The van der Waals surface area contributed by atoms with E-state index in [1.165, 1.54) is 17.7 Å². The van der Waals surface area contributed by atoms with Crippen molar-refractivity contribution in [1.29, 1.82) is 0 Å². The van der Waals surface area contributed by atoms with E-state index in [2.05, 4.69) is 12.2 Å². The summed E-state index contributed by atoms with van der Waals surface area (Å²) in [5.74, 6) is 0.517. The van der Waals surface area contributed by atoms with Gasteiger partial charge < -0.3 is 15.8 Å². The molecule has 0 amide bonds. The van der Waals surface area contributed by atoms with Crippen molar-refractivity contribution in [2.24, 2.45) is 0 Å². The minimum atomic E-state index is -0.192. The third-order valence-electron chi connectivity index (χ3n) is 3.66. The Balaban J connectivity index is 1.79. The third kappa shape index (κ3) is 4.74. The van der Waals surface area contributed by atoms with Gasteiger partial charge in [-0.05, 0) is 61.7 Å². The topological polar surface area (TPSA) is 47.3 Å². The molecule has 0 saturated carbocycles. The maximum Gasteiger partial charge on any atom is 0.141 e. The molecule has 0 aliphatic rings. The number of anilines is 1. The zero-order valence-corrected chi connectivity index (χ0v) is 13.1. The van der Waals surface area contributed by atoms with E-state index in [4.69, 9.17) is 10.5 Å². The van der Waals surface area contributed by atoms with Gasteiger partial charge in [-0.1, -0.05) is 18.2 Å². The predicted octanol–water partition coefficient (Wildman–Crippen LogP) is 3.18. The smallest absolute Gasteiger partial charge is 0.141 e. The molecule has 0 saturated heterocycles. The number of nitrogens with one attached hydrogen (secondary N) is 1. The van der Waals surface area contributed by atoms with Crippen LogP contribution < -0.4 is 15.8 Å². The summed E-state index contributed by atoms with van der Waals surface area (Å²) in [7, 11) is 1.62. The number of hydrogen-bond acceptors (Lipinski definition) is 3. The van der Waals surface area contributed by atoms with Crippen LogP contribution in [0.1, 0.15) is 18.1 Å². The first-order valence-electron chi connectivity index (χ1n) is 7.48. The van der Waals surface area contributed by atoms with E-state index in [1.54, 1.807) is 7.11 Å². The van der Waals surface area contributed by atoms with Gasteiger partial charge in [0.1, 0.15) is 11.6 Å². The summed E-state index contributed by atoms with van der Waals surface area (Å²) in [6.07, 6.45) is 1.78. The summed E-state index contributed by atoms with van der Waals surface area (Å²) in [5, 5.41) is 3.48. The number of hydrogen-bond donors (Lipinski definition) is 2. The van der Waals surface area contributed by atoms with Crippen molar-refractivity contribution in [2.75, 3.05) is 19.4 Å². The van der Waals surface area contributed by atoms with E-state index >= 15 is 0 Å². The molecule has 118 valence electrons. The Bertz CT molecular complexity index is 599. The zero-order chi connectivity index (χ0) is 15.9. The van der Waals surface area contributed by atoms with Crippen LogP contribution in [0.15, 0.2) is 42.5 Å². The number of methoxy groups -OCH3 is 1. The van der Waals surface area contributed by atoms with Gasteiger partial charge in [-0.3, -0.25) is 0 Å². The first-order chi connectivity index (χ1) is 10.6. The maximum absolute atomic E-state index is 12.8. The minimum absolute atomic E-state index is 0.192. The van der Waals surface area contributed by atoms with Crippen molar-refractivity contribution in [3.8, 4) is 5.75 Å². The second kappa shape index (κ2) is 7.80. The number of nitrogen functional groups attached to an aromatic ring is 1. The van der Waals surface area contributed by atoms with Gasteiger partial charge >= 0.3 is 0 Å².